The minimum Gasteiger partial charge on any atom is -1.00 e. The van der Waals surface area contributed by atoms with Crippen molar-refractivity contribution in [1.29, 1.82) is 0 Å². The Morgan fingerprint density at radius 2 is 1.46 bits per heavy atom. The fourth-order valence-electron chi connectivity index (χ4n) is 2.99. The molecular formula is C24H45FIN5O6. The quantitative estimate of drug-likeness (QED) is 0.0774. The van der Waals surface area contributed by atoms with Crippen molar-refractivity contribution in [2.24, 2.45) is 17.8 Å². The number of likely N-dealkylation sites (tertiary alicyclic amines) is 1. The van der Waals surface area contributed by atoms with Crippen LogP contribution in [0.15, 0.2) is 0 Å². The number of nitrogens with one attached hydrogen (secondary N) is 3. The van der Waals surface area contributed by atoms with Crippen molar-refractivity contribution < 1.29 is 61.6 Å². The van der Waals surface area contributed by atoms with Crippen LogP contribution in [0.5, 0.6) is 0 Å². The van der Waals surface area contributed by atoms with E-state index in [1.807, 2.05) is 0 Å². The molecule has 0 spiro atoms. The van der Waals surface area contributed by atoms with E-state index >= 15 is 0 Å². The smallest absolute Gasteiger partial charge is 0.302 e. The molecule has 1 aliphatic rings. The van der Waals surface area contributed by atoms with Crippen LogP contribution in [0.1, 0.15) is 46.5 Å². The van der Waals surface area contributed by atoms with E-state index < -0.39 is 12.0 Å². The maximum Gasteiger partial charge on any atom is 0.302 e. The zero-order valence-electron chi connectivity index (χ0n) is 23.6. The summed E-state index contributed by atoms with van der Waals surface area (Å²) < 4.78 is 12.5. The van der Waals surface area contributed by atoms with Gasteiger partial charge in [-0.15, -0.1) is 0 Å². The summed E-state index contributed by atoms with van der Waals surface area (Å²) in [5, 5.41) is 7.68. The number of carbonyl (C=O) groups is 6. The van der Waals surface area contributed by atoms with Gasteiger partial charge >= 0.3 is 6.04 Å². The molecule has 1 heterocycles. The molecule has 0 aromatic carbocycles. The van der Waals surface area contributed by atoms with E-state index in [0.717, 1.165) is 17.4 Å². The Morgan fingerprint density at radius 3 is 1.76 bits per heavy atom. The number of imide groups is 1. The molecule has 216 valence electrons. The van der Waals surface area contributed by atoms with Gasteiger partial charge in [0.1, 0.15) is 0 Å². The summed E-state index contributed by atoms with van der Waals surface area (Å²) in [7, 11) is 10.9. The van der Waals surface area contributed by atoms with Crippen LogP contribution in [0, 0.1) is 17.8 Å². The maximum atomic E-state index is 11.6. The van der Waals surface area contributed by atoms with Gasteiger partial charge in [-0.1, -0.05) is 20.8 Å². The standard InChI is InChI=1S/C12H25N3O2.C6H10FNO2.C6H9NO2.HI/c1-10(12(17)13-2)9-11(16)14-7-6-8-15(3,4)5;1-4(3-5(7)9)6(10)8-2;1-4-3-5(8)7(2)6(4)9;/h10H,6-9H2,1-5H3,(H-,13,14,16,17);4H,3H2,1-2H3,(H,8,10);4H,3H2,1-2H3;1H. The molecule has 0 saturated carbocycles. The molecule has 0 aromatic heterocycles. The highest BCUT2D eigenvalue weighted by Crippen LogP contribution is 2.15. The van der Waals surface area contributed by atoms with Gasteiger partial charge in [0.2, 0.25) is 29.5 Å². The molecule has 0 radical (unpaired) electrons. The molecule has 3 unspecified atom stereocenters. The monoisotopic (exact) mass is 645 g/mol. The zero-order chi connectivity index (χ0) is 28.6. The van der Waals surface area contributed by atoms with Gasteiger partial charge in [0.15, 0.2) is 0 Å². The van der Waals surface area contributed by atoms with Crippen LogP contribution < -0.4 is 39.9 Å². The predicted octanol–water partition coefficient (Wildman–Crippen LogP) is -2.76. The lowest BCUT2D eigenvalue weighted by Crippen LogP contribution is -3.00. The number of hydrogen-bond donors (Lipinski definition) is 3. The van der Waals surface area contributed by atoms with Crippen LogP contribution in [0.25, 0.3) is 0 Å². The van der Waals surface area contributed by atoms with Crippen LogP contribution in [0.2, 0.25) is 0 Å². The third kappa shape index (κ3) is 19.6. The van der Waals surface area contributed by atoms with Crippen molar-refractivity contribution in [2.45, 2.75) is 46.5 Å². The van der Waals surface area contributed by atoms with Crippen molar-refractivity contribution in [1.82, 2.24) is 20.9 Å². The Balaban J connectivity index is -0.000000495. The first-order valence-corrected chi connectivity index (χ1v) is 12.0. The van der Waals surface area contributed by atoms with Gasteiger partial charge in [0, 0.05) is 71.1 Å². The lowest BCUT2D eigenvalue weighted by molar-refractivity contribution is -0.870. The SMILES string of the molecule is CC1CC(=O)N(C)C1=O.CNC(=O)C(C)CC(=O)F.CNC(=O)C(C)CC(=O)NCCC[N+](C)(C)C.[I-]. The molecule has 0 bridgehead atoms. The first-order valence-electron chi connectivity index (χ1n) is 12.0. The van der Waals surface area contributed by atoms with E-state index in [1.54, 1.807) is 20.9 Å². The normalized spacial score (nSPS) is 16.1. The summed E-state index contributed by atoms with van der Waals surface area (Å²) in [6, 6.07) is -1.45. The minimum atomic E-state index is -1.45. The third-order valence-corrected chi connectivity index (χ3v) is 5.28. The Kier molecular flexibility index (Phi) is 21.2. The van der Waals surface area contributed by atoms with Gasteiger partial charge < -0.3 is 44.4 Å². The van der Waals surface area contributed by atoms with E-state index in [4.69, 9.17) is 0 Å². The van der Waals surface area contributed by atoms with Crippen LogP contribution >= 0.6 is 0 Å². The highest BCUT2D eigenvalue weighted by molar-refractivity contribution is 6.02. The predicted molar refractivity (Wildman–Crippen MR) is 134 cm³/mol. The van der Waals surface area contributed by atoms with Crippen LogP contribution in [0.4, 0.5) is 4.39 Å². The third-order valence-electron chi connectivity index (χ3n) is 5.28. The minimum absolute atomic E-state index is 0. The number of hydrogen-bond acceptors (Lipinski definition) is 6. The fraction of sp³-hybridized carbons (Fsp3) is 0.750. The summed E-state index contributed by atoms with van der Waals surface area (Å²) in [5.74, 6) is -1.50. The highest BCUT2D eigenvalue weighted by Gasteiger charge is 2.32. The summed E-state index contributed by atoms with van der Waals surface area (Å²) in [6.45, 7) is 6.71. The average molecular weight is 646 g/mol. The second-order valence-corrected chi connectivity index (χ2v) is 9.91. The van der Waals surface area contributed by atoms with E-state index in [-0.39, 0.29) is 78.2 Å². The summed E-state index contributed by atoms with van der Waals surface area (Å²) >= 11 is 0. The second kappa shape index (κ2) is 19.9. The number of amides is 5. The van der Waals surface area contributed by atoms with Crippen molar-refractivity contribution in [3.8, 4) is 0 Å². The summed E-state index contributed by atoms with van der Waals surface area (Å²) in [4.78, 5) is 65.9. The Labute approximate surface area is 237 Å². The molecule has 37 heavy (non-hydrogen) atoms. The van der Waals surface area contributed by atoms with Gasteiger partial charge in [-0.3, -0.25) is 33.7 Å². The second-order valence-electron chi connectivity index (χ2n) is 9.91. The van der Waals surface area contributed by atoms with Gasteiger partial charge in [0.25, 0.3) is 0 Å². The first kappa shape index (κ1) is 39.4. The van der Waals surface area contributed by atoms with Crippen molar-refractivity contribution in [2.75, 3.05) is 55.4 Å². The largest absolute Gasteiger partial charge is 1.00 e. The van der Waals surface area contributed by atoms with Gasteiger partial charge in [-0.25, -0.2) is 0 Å². The van der Waals surface area contributed by atoms with Crippen molar-refractivity contribution in [3.63, 3.8) is 0 Å². The molecule has 13 heteroatoms. The number of quaternary nitrogens is 1. The van der Waals surface area contributed by atoms with E-state index in [9.17, 15) is 33.2 Å². The Morgan fingerprint density at radius 1 is 1.00 bits per heavy atom. The lowest BCUT2D eigenvalue weighted by atomic mass is 10.1. The summed E-state index contributed by atoms with van der Waals surface area (Å²) in [5.41, 5.74) is 0. The molecule has 5 amide bonds. The van der Waals surface area contributed by atoms with Crippen molar-refractivity contribution in [3.05, 3.63) is 0 Å². The van der Waals surface area contributed by atoms with E-state index in [1.165, 1.54) is 25.9 Å². The molecular weight excluding hydrogens is 600 g/mol. The van der Waals surface area contributed by atoms with Gasteiger partial charge in [-0.2, -0.15) is 4.39 Å². The number of nitrogens with zero attached hydrogens (tertiary/aromatic N) is 2. The van der Waals surface area contributed by atoms with Crippen LogP contribution in [-0.4, -0.2) is 100 Å². The van der Waals surface area contributed by atoms with Gasteiger partial charge in [0.05, 0.1) is 27.7 Å². The van der Waals surface area contributed by atoms with Crippen LogP contribution in [-0.2, 0) is 28.8 Å². The molecule has 1 aliphatic heterocycles. The molecule has 1 rings (SSSR count). The molecule has 11 nitrogen and oxygen atoms in total. The molecule has 0 aromatic rings. The lowest BCUT2D eigenvalue weighted by Gasteiger charge is -2.23. The number of rotatable bonds is 10. The molecule has 1 fully saturated rings. The topological polar surface area (TPSA) is 142 Å². The van der Waals surface area contributed by atoms with E-state index in [2.05, 4.69) is 37.1 Å². The van der Waals surface area contributed by atoms with E-state index in [0.29, 0.717) is 13.0 Å². The van der Waals surface area contributed by atoms with Crippen LogP contribution in [0.3, 0.4) is 0 Å². The summed E-state index contributed by atoms with van der Waals surface area (Å²) in [6.07, 6.45) is 1.25. The fourth-order valence-corrected chi connectivity index (χ4v) is 2.99. The molecule has 0 aliphatic carbocycles. The number of carbonyl (C=O) groups excluding carboxylic acids is 6. The van der Waals surface area contributed by atoms with Gasteiger partial charge in [-0.05, 0) is 0 Å². The average Bonchev–Trinajstić information content (AvgIpc) is 3.00. The maximum absolute atomic E-state index is 11.6. The molecule has 3 atom stereocenters. The first-order chi connectivity index (χ1) is 16.5. The van der Waals surface area contributed by atoms with Crippen molar-refractivity contribution >= 4 is 35.6 Å². The highest BCUT2D eigenvalue weighted by atomic mass is 127. The zero-order valence-corrected chi connectivity index (χ0v) is 25.7. The molecule has 3 N–H and O–H groups in total. The number of halogens is 2. The molecule has 1 saturated heterocycles. The Hall–Kier alpha value is -2.16. The Bertz CT molecular complexity index is 775.